The Labute approximate surface area is 301 Å². The molecular formula is C37H39Cl2N7O4. The standard InChI is InChI=1S/C37H39Cl2N7O4/c1-49-36-21(17-40-18-22-10-13-31(47)41-22)9-12-29(44-36)26-7-3-5-24(33(26)38)25-6-4-8-27(34(25)39)35-43-30-15-16-46(19-23-11-14-32(48)42-23)20-28(30)37(45-35)50-2/h3-9,12,22-23,40H,10-11,13-20H2,1-2H3,(H,41,47)(H,42,48)/t22-,23-/m1/s1. The van der Waals surface area contributed by atoms with E-state index in [0.29, 0.717) is 71.4 Å². The predicted octanol–water partition coefficient (Wildman–Crippen LogP) is 5.20. The quantitative estimate of drug-likeness (QED) is 0.192. The number of carbonyl (C=O) groups excluding carboxylic acids is 2. The Balaban J connectivity index is 1.13. The van der Waals surface area contributed by atoms with E-state index < -0.39 is 0 Å². The number of hydrogen-bond donors (Lipinski definition) is 3. The molecule has 2 amide bonds. The topological polar surface area (TPSA) is 131 Å². The van der Waals surface area contributed by atoms with Crippen molar-refractivity contribution in [3.05, 3.63) is 75.4 Å². The molecule has 0 bridgehead atoms. The van der Waals surface area contributed by atoms with Crippen molar-refractivity contribution in [3.8, 4) is 45.5 Å². The Bertz CT molecular complexity index is 1920. The summed E-state index contributed by atoms with van der Waals surface area (Å²) in [5.41, 5.74) is 6.38. The molecule has 2 aromatic carbocycles. The molecular weight excluding hydrogens is 677 g/mol. The first kappa shape index (κ1) is 34.2. The number of amides is 2. The van der Waals surface area contributed by atoms with E-state index in [9.17, 15) is 9.59 Å². The molecule has 0 spiro atoms. The molecule has 0 aliphatic carbocycles. The molecule has 0 saturated carbocycles. The summed E-state index contributed by atoms with van der Waals surface area (Å²) in [5, 5.41) is 10.4. The highest BCUT2D eigenvalue weighted by Gasteiger charge is 2.29. The SMILES string of the molecule is COc1nc(-c2cccc(-c3cccc(-c4nc5c(c(OC)n4)CN(C[C@H]4CCC(=O)N4)CC5)c3Cl)c2Cl)ccc1CNC[C@H]1CCC(=O)N1. The molecule has 2 fully saturated rings. The van der Waals surface area contributed by atoms with E-state index in [1.165, 1.54) is 0 Å². The second-order valence-corrected chi connectivity index (χ2v) is 13.7. The first-order chi connectivity index (χ1) is 24.3. The second-order valence-electron chi connectivity index (χ2n) is 12.9. The van der Waals surface area contributed by atoms with Crippen LogP contribution in [0.5, 0.6) is 11.8 Å². The lowest BCUT2D eigenvalue weighted by molar-refractivity contribution is -0.120. The summed E-state index contributed by atoms with van der Waals surface area (Å²) in [6.45, 7) is 3.49. The van der Waals surface area contributed by atoms with Gasteiger partial charge in [0.15, 0.2) is 5.82 Å². The third-order valence-corrected chi connectivity index (χ3v) is 10.4. The van der Waals surface area contributed by atoms with Crippen molar-refractivity contribution in [3.63, 3.8) is 0 Å². The average Bonchev–Trinajstić information content (AvgIpc) is 3.74. The van der Waals surface area contributed by atoms with Crippen molar-refractivity contribution >= 4 is 35.0 Å². The molecule has 0 radical (unpaired) electrons. The van der Waals surface area contributed by atoms with Gasteiger partial charge in [-0.3, -0.25) is 14.5 Å². The number of benzene rings is 2. The highest BCUT2D eigenvalue weighted by atomic mass is 35.5. The molecule has 4 aromatic rings. The number of hydrogen-bond acceptors (Lipinski definition) is 9. The van der Waals surface area contributed by atoms with Crippen molar-refractivity contribution in [1.82, 2.24) is 35.8 Å². The summed E-state index contributed by atoms with van der Waals surface area (Å²) in [6, 6.07) is 15.8. The van der Waals surface area contributed by atoms with Crippen LogP contribution in [0.3, 0.4) is 0 Å². The van der Waals surface area contributed by atoms with E-state index in [1.807, 2.05) is 48.5 Å². The summed E-state index contributed by atoms with van der Waals surface area (Å²) in [4.78, 5) is 40.1. The fraction of sp³-hybridized carbons (Fsp3) is 0.378. The Morgan fingerprint density at radius 2 is 1.46 bits per heavy atom. The molecule has 260 valence electrons. The van der Waals surface area contributed by atoms with E-state index >= 15 is 0 Å². The minimum absolute atomic E-state index is 0.0979. The lowest BCUT2D eigenvalue weighted by atomic mass is 9.98. The van der Waals surface area contributed by atoms with Gasteiger partial charge in [0.05, 0.1) is 35.7 Å². The van der Waals surface area contributed by atoms with Gasteiger partial charge < -0.3 is 25.4 Å². The van der Waals surface area contributed by atoms with E-state index in [2.05, 4.69) is 20.9 Å². The number of pyridine rings is 1. The third kappa shape index (κ3) is 7.14. The van der Waals surface area contributed by atoms with Gasteiger partial charge in [0.2, 0.25) is 23.6 Å². The lowest BCUT2D eigenvalue weighted by Crippen LogP contribution is -2.41. The van der Waals surface area contributed by atoms with E-state index in [-0.39, 0.29) is 23.9 Å². The highest BCUT2D eigenvalue weighted by molar-refractivity contribution is 6.39. The Hall–Kier alpha value is -4.29. The number of rotatable bonds is 11. The zero-order valence-corrected chi connectivity index (χ0v) is 29.5. The van der Waals surface area contributed by atoms with E-state index in [0.717, 1.165) is 65.9 Å². The van der Waals surface area contributed by atoms with Gasteiger partial charge in [0.1, 0.15) is 0 Å². The smallest absolute Gasteiger partial charge is 0.221 e. The molecule has 7 rings (SSSR count). The first-order valence-corrected chi connectivity index (χ1v) is 17.6. The van der Waals surface area contributed by atoms with Crippen LogP contribution in [0, 0.1) is 0 Å². The van der Waals surface area contributed by atoms with Gasteiger partial charge in [-0.25, -0.2) is 9.97 Å². The maximum Gasteiger partial charge on any atom is 0.221 e. The third-order valence-electron chi connectivity index (χ3n) is 9.59. The lowest BCUT2D eigenvalue weighted by Gasteiger charge is -2.30. The fourth-order valence-corrected chi connectivity index (χ4v) is 7.64. The van der Waals surface area contributed by atoms with Gasteiger partial charge >= 0.3 is 0 Å². The number of nitrogens with one attached hydrogen (secondary N) is 3. The number of fused-ring (bicyclic) bond motifs is 1. The van der Waals surface area contributed by atoms with Crippen LogP contribution < -0.4 is 25.4 Å². The molecule has 13 heteroatoms. The summed E-state index contributed by atoms with van der Waals surface area (Å²) in [6.07, 6.45) is 3.58. The number of halogens is 2. The van der Waals surface area contributed by atoms with Gasteiger partial charge in [0.25, 0.3) is 0 Å². The number of ether oxygens (including phenoxy) is 2. The molecule has 2 saturated heterocycles. The van der Waals surface area contributed by atoms with Gasteiger partial charge in [-0.2, -0.15) is 4.98 Å². The van der Waals surface area contributed by atoms with Crippen LogP contribution in [-0.2, 0) is 29.1 Å². The molecule has 0 unspecified atom stereocenters. The van der Waals surface area contributed by atoms with Crippen LogP contribution in [0.25, 0.3) is 33.8 Å². The van der Waals surface area contributed by atoms with Crippen molar-refractivity contribution in [1.29, 1.82) is 0 Å². The van der Waals surface area contributed by atoms with Crippen LogP contribution in [0.15, 0.2) is 48.5 Å². The number of methoxy groups -OCH3 is 2. The van der Waals surface area contributed by atoms with Gasteiger partial charge in [-0.1, -0.05) is 59.6 Å². The van der Waals surface area contributed by atoms with Crippen LogP contribution in [0.4, 0.5) is 0 Å². The monoisotopic (exact) mass is 715 g/mol. The molecule has 3 aliphatic heterocycles. The maximum absolute atomic E-state index is 11.7. The minimum atomic E-state index is 0.0979. The molecule has 50 heavy (non-hydrogen) atoms. The largest absolute Gasteiger partial charge is 0.481 e. The van der Waals surface area contributed by atoms with E-state index in [4.69, 9.17) is 47.6 Å². The van der Waals surface area contributed by atoms with Crippen molar-refractivity contribution in [2.75, 3.05) is 33.9 Å². The van der Waals surface area contributed by atoms with Gasteiger partial charge in [-0.15, -0.1) is 0 Å². The molecule has 2 aromatic heterocycles. The first-order valence-electron chi connectivity index (χ1n) is 16.9. The summed E-state index contributed by atoms with van der Waals surface area (Å²) >= 11 is 14.3. The maximum atomic E-state index is 11.7. The van der Waals surface area contributed by atoms with Gasteiger partial charge in [-0.05, 0) is 25.0 Å². The normalized spacial score (nSPS) is 18.9. The Morgan fingerprint density at radius 1 is 0.800 bits per heavy atom. The number of carbonyl (C=O) groups is 2. The number of aromatic nitrogens is 3. The van der Waals surface area contributed by atoms with Crippen LogP contribution in [-0.4, -0.2) is 77.6 Å². The van der Waals surface area contributed by atoms with Crippen molar-refractivity contribution in [2.45, 2.75) is 57.3 Å². The minimum Gasteiger partial charge on any atom is -0.481 e. The Morgan fingerprint density at radius 3 is 2.14 bits per heavy atom. The summed E-state index contributed by atoms with van der Waals surface area (Å²) in [5.74, 6) is 1.73. The van der Waals surface area contributed by atoms with Gasteiger partial charge in [0, 0.05) is 97.5 Å². The van der Waals surface area contributed by atoms with Crippen LogP contribution in [0.1, 0.15) is 42.5 Å². The molecule has 2 atom stereocenters. The van der Waals surface area contributed by atoms with Crippen molar-refractivity contribution < 1.29 is 19.1 Å². The summed E-state index contributed by atoms with van der Waals surface area (Å²) < 4.78 is 11.4. The molecule has 3 N–H and O–H groups in total. The predicted molar refractivity (Wildman–Crippen MR) is 192 cm³/mol. The second kappa shape index (κ2) is 14.9. The number of nitrogens with zero attached hydrogens (tertiary/aromatic N) is 4. The zero-order chi connectivity index (χ0) is 34.8. The van der Waals surface area contributed by atoms with Crippen LogP contribution >= 0.6 is 23.2 Å². The molecule has 11 nitrogen and oxygen atoms in total. The van der Waals surface area contributed by atoms with Crippen molar-refractivity contribution in [2.24, 2.45) is 0 Å². The highest BCUT2D eigenvalue weighted by Crippen LogP contribution is 2.42. The molecule has 3 aliphatic rings. The zero-order valence-electron chi connectivity index (χ0n) is 28.0. The molecule has 5 heterocycles. The Kier molecular flexibility index (Phi) is 10.2. The summed E-state index contributed by atoms with van der Waals surface area (Å²) in [7, 11) is 3.22. The fourth-order valence-electron chi connectivity index (χ4n) is 7.00. The van der Waals surface area contributed by atoms with Crippen LogP contribution in [0.2, 0.25) is 10.0 Å². The van der Waals surface area contributed by atoms with E-state index in [1.54, 1.807) is 14.2 Å². The average molecular weight is 717 g/mol.